The molecule has 0 spiro atoms. The molecular weight excluding hydrogens is 327 g/mol. The zero-order chi connectivity index (χ0) is 18.0. The summed E-state index contributed by atoms with van der Waals surface area (Å²) in [5.74, 6) is -1.45. The molecule has 130 valence electrons. The van der Waals surface area contributed by atoms with Crippen molar-refractivity contribution in [2.24, 2.45) is 11.7 Å². The van der Waals surface area contributed by atoms with Crippen LogP contribution >= 0.6 is 0 Å². The standard InChI is InChI=1S/C16H17FN6O2/c1-9-4-10(6-18)13(8-25-9)23-7-12(15(19)24)16(22-23)21-11-2-3-20-14(17)5-11/h2-3,5,7,9-10,13H,4,8H2,1H3,(H2,19,24)(H,20,21,22)/t9-,10+,13+/m1/s1. The van der Waals surface area contributed by atoms with E-state index in [1.165, 1.54) is 29.2 Å². The van der Waals surface area contributed by atoms with E-state index in [-0.39, 0.29) is 29.4 Å². The smallest absolute Gasteiger partial charge is 0.254 e. The largest absolute Gasteiger partial charge is 0.376 e. The van der Waals surface area contributed by atoms with Crippen molar-refractivity contribution in [3.8, 4) is 6.07 Å². The van der Waals surface area contributed by atoms with Gasteiger partial charge in [0.05, 0.1) is 30.7 Å². The Bertz CT molecular complexity index is 830. The van der Waals surface area contributed by atoms with E-state index < -0.39 is 11.9 Å². The number of rotatable bonds is 4. The first-order valence-electron chi connectivity index (χ1n) is 7.76. The normalized spacial score (nSPS) is 23.0. The second-order valence-corrected chi connectivity index (χ2v) is 5.91. The lowest BCUT2D eigenvalue weighted by Crippen LogP contribution is -2.33. The topological polar surface area (TPSA) is 119 Å². The SMILES string of the molecule is C[C@@H]1C[C@@H](C#N)[C@@H](n2cc(C(N)=O)c(Nc3ccnc(F)c3)n2)CO1. The fourth-order valence-corrected chi connectivity index (χ4v) is 2.81. The number of primary amides is 1. The minimum absolute atomic E-state index is 0.00976. The highest BCUT2D eigenvalue weighted by atomic mass is 19.1. The lowest BCUT2D eigenvalue weighted by atomic mass is 9.93. The van der Waals surface area contributed by atoms with Crippen LogP contribution in [0, 0.1) is 23.2 Å². The van der Waals surface area contributed by atoms with Crippen molar-refractivity contribution in [2.75, 3.05) is 11.9 Å². The fraction of sp³-hybridized carbons (Fsp3) is 0.375. The molecule has 3 N–H and O–H groups in total. The molecule has 0 aromatic carbocycles. The van der Waals surface area contributed by atoms with Crippen LogP contribution in [0.4, 0.5) is 15.9 Å². The summed E-state index contributed by atoms with van der Waals surface area (Å²) >= 11 is 0. The molecule has 1 amide bonds. The van der Waals surface area contributed by atoms with Crippen molar-refractivity contribution < 1.29 is 13.9 Å². The van der Waals surface area contributed by atoms with Gasteiger partial charge in [-0.1, -0.05) is 0 Å². The van der Waals surface area contributed by atoms with E-state index >= 15 is 0 Å². The lowest BCUT2D eigenvalue weighted by Gasteiger charge is -2.31. The van der Waals surface area contributed by atoms with Gasteiger partial charge in [0.25, 0.3) is 5.91 Å². The van der Waals surface area contributed by atoms with Crippen molar-refractivity contribution in [3.63, 3.8) is 0 Å². The van der Waals surface area contributed by atoms with E-state index in [4.69, 9.17) is 10.5 Å². The molecule has 0 unspecified atom stereocenters. The zero-order valence-electron chi connectivity index (χ0n) is 13.5. The Kier molecular flexibility index (Phi) is 4.63. The first-order chi connectivity index (χ1) is 12.0. The molecule has 2 aromatic rings. The van der Waals surface area contributed by atoms with Gasteiger partial charge in [0.15, 0.2) is 5.82 Å². The number of nitrogens with two attached hydrogens (primary N) is 1. The van der Waals surface area contributed by atoms with Crippen LogP contribution in [0.2, 0.25) is 0 Å². The van der Waals surface area contributed by atoms with Gasteiger partial charge in [0.1, 0.15) is 5.56 Å². The van der Waals surface area contributed by atoms with Gasteiger partial charge in [0.2, 0.25) is 5.95 Å². The fourth-order valence-electron chi connectivity index (χ4n) is 2.81. The number of ether oxygens (including phenoxy) is 1. The van der Waals surface area contributed by atoms with Crippen LogP contribution in [-0.4, -0.2) is 33.4 Å². The number of nitriles is 1. The lowest BCUT2D eigenvalue weighted by molar-refractivity contribution is -0.0215. The van der Waals surface area contributed by atoms with Crippen molar-refractivity contribution in [1.82, 2.24) is 14.8 Å². The van der Waals surface area contributed by atoms with E-state index in [1.54, 1.807) is 0 Å². The zero-order valence-corrected chi connectivity index (χ0v) is 13.5. The third-order valence-electron chi connectivity index (χ3n) is 4.09. The molecule has 8 nitrogen and oxygen atoms in total. The number of halogens is 1. The van der Waals surface area contributed by atoms with Crippen LogP contribution in [0.15, 0.2) is 24.5 Å². The van der Waals surface area contributed by atoms with Crippen LogP contribution in [0.1, 0.15) is 29.7 Å². The minimum atomic E-state index is -0.679. The van der Waals surface area contributed by atoms with Gasteiger partial charge >= 0.3 is 0 Å². The first kappa shape index (κ1) is 16.9. The predicted molar refractivity (Wildman–Crippen MR) is 86.4 cm³/mol. The van der Waals surface area contributed by atoms with E-state index in [2.05, 4.69) is 21.5 Å². The average molecular weight is 344 g/mol. The molecule has 1 aliphatic rings. The summed E-state index contributed by atoms with van der Waals surface area (Å²) in [6.45, 7) is 2.21. The van der Waals surface area contributed by atoms with E-state index in [0.29, 0.717) is 18.7 Å². The van der Waals surface area contributed by atoms with E-state index in [1.807, 2.05) is 6.92 Å². The van der Waals surface area contributed by atoms with Gasteiger partial charge < -0.3 is 15.8 Å². The summed E-state index contributed by atoms with van der Waals surface area (Å²) in [6, 6.07) is 4.65. The maximum atomic E-state index is 13.2. The number of nitrogens with one attached hydrogen (secondary N) is 1. The summed E-state index contributed by atoms with van der Waals surface area (Å²) in [6.07, 6.45) is 3.34. The molecule has 3 heterocycles. The molecule has 3 atom stereocenters. The Morgan fingerprint density at radius 1 is 1.60 bits per heavy atom. The molecule has 0 saturated carbocycles. The summed E-state index contributed by atoms with van der Waals surface area (Å²) < 4.78 is 20.4. The Hall–Kier alpha value is -2.99. The number of nitrogens with zero attached hydrogens (tertiary/aromatic N) is 4. The Morgan fingerprint density at radius 3 is 3.08 bits per heavy atom. The van der Waals surface area contributed by atoms with Crippen LogP contribution in [-0.2, 0) is 4.74 Å². The molecular formula is C16H17FN6O2. The Morgan fingerprint density at radius 2 is 2.40 bits per heavy atom. The van der Waals surface area contributed by atoms with Gasteiger partial charge in [-0.25, -0.2) is 4.98 Å². The molecule has 9 heteroatoms. The quantitative estimate of drug-likeness (QED) is 0.816. The van der Waals surface area contributed by atoms with Crippen LogP contribution in [0.5, 0.6) is 0 Å². The van der Waals surface area contributed by atoms with Gasteiger partial charge in [-0.05, 0) is 19.4 Å². The second-order valence-electron chi connectivity index (χ2n) is 5.91. The number of amides is 1. The van der Waals surface area contributed by atoms with E-state index in [0.717, 1.165) is 0 Å². The van der Waals surface area contributed by atoms with Crippen molar-refractivity contribution in [3.05, 3.63) is 36.0 Å². The van der Waals surface area contributed by atoms with Crippen molar-refractivity contribution in [1.29, 1.82) is 5.26 Å². The monoisotopic (exact) mass is 344 g/mol. The van der Waals surface area contributed by atoms with Gasteiger partial charge in [-0.2, -0.15) is 14.8 Å². The summed E-state index contributed by atoms with van der Waals surface area (Å²) in [4.78, 5) is 15.2. The highest BCUT2D eigenvalue weighted by molar-refractivity contribution is 5.98. The Balaban J connectivity index is 1.92. The Labute approximate surface area is 143 Å². The summed E-state index contributed by atoms with van der Waals surface area (Å²) in [7, 11) is 0. The van der Waals surface area contributed by atoms with Gasteiger partial charge in [-0.15, -0.1) is 0 Å². The number of pyridine rings is 1. The molecule has 1 fully saturated rings. The molecule has 0 bridgehead atoms. The molecule has 1 aliphatic heterocycles. The third kappa shape index (κ3) is 3.59. The average Bonchev–Trinajstić information content (AvgIpc) is 2.98. The first-order valence-corrected chi connectivity index (χ1v) is 7.76. The second kappa shape index (κ2) is 6.86. The van der Waals surface area contributed by atoms with Crippen LogP contribution in [0.25, 0.3) is 0 Å². The van der Waals surface area contributed by atoms with Gasteiger partial charge in [-0.3, -0.25) is 9.48 Å². The van der Waals surface area contributed by atoms with Crippen molar-refractivity contribution >= 4 is 17.4 Å². The van der Waals surface area contributed by atoms with Crippen LogP contribution < -0.4 is 11.1 Å². The number of hydrogen-bond donors (Lipinski definition) is 2. The highest BCUT2D eigenvalue weighted by Gasteiger charge is 2.32. The van der Waals surface area contributed by atoms with Crippen molar-refractivity contribution in [2.45, 2.75) is 25.5 Å². The number of carbonyl (C=O) groups is 1. The predicted octanol–water partition coefficient (Wildman–Crippen LogP) is 1.75. The van der Waals surface area contributed by atoms with Crippen LogP contribution in [0.3, 0.4) is 0 Å². The summed E-state index contributed by atoms with van der Waals surface area (Å²) in [5.41, 5.74) is 5.94. The molecule has 0 aliphatic carbocycles. The summed E-state index contributed by atoms with van der Waals surface area (Å²) in [5, 5.41) is 16.6. The maximum absolute atomic E-state index is 13.2. The van der Waals surface area contributed by atoms with Gasteiger partial charge in [0, 0.05) is 24.1 Å². The highest BCUT2D eigenvalue weighted by Crippen LogP contribution is 2.30. The molecule has 3 rings (SSSR count). The number of aromatic nitrogens is 3. The molecule has 0 radical (unpaired) electrons. The molecule has 25 heavy (non-hydrogen) atoms. The number of hydrogen-bond acceptors (Lipinski definition) is 6. The molecule has 2 aromatic heterocycles. The minimum Gasteiger partial charge on any atom is -0.376 e. The number of anilines is 2. The number of carbonyl (C=O) groups excluding carboxylic acids is 1. The molecule has 1 saturated heterocycles. The third-order valence-corrected chi connectivity index (χ3v) is 4.09. The van der Waals surface area contributed by atoms with E-state index in [9.17, 15) is 14.4 Å². The maximum Gasteiger partial charge on any atom is 0.254 e.